The monoisotopic (exact) mass is 452 g/mol. The highest BCUT2D eigenvalue weighted by atomic mass is 32.2. The fourth-order valence-electron chi connectivity index (χ4n) is 2.69. The Morgan fingerprint density at radius 1 is 1.14 bits per heavy atom. The van der Waals surface area contributed by atoms with Crippen molar-refractivity contribution in [3.8, 4) is 5.75 Å². The Morgan fingerprint density at radius 3 is 2.48 bits per heavy atom. The van der Waals surface area contributed by atoms with Crippen molar-refractivity contribution in [2.24, 2.45) is 0 Å². The van der Waals surface area contributed by atoms with Crippen molar-refractivity contribution in [1.82, 2.24) is 4.31 Å². The summed E-state index contributed by atoms with van der Waals surface area (Å²) in [5.74, 6) is 2.64. The molecule has 0 aliphatic carbocycles. The third kappa shape index (κ3) is 5.91. The lowest BCUT2D eigenvalue weighted by Crippen LogP contribution is -2.23. The van der Waals surface area contributed by atoms with Crippen LogP contribution in [0.5, 0.6) is 5.75 Å². The van der Waals surface area contributed by atoms with E-state index in [1.807, 2.05) is 47.8 Å². The number of nitrogens with one attached hydrogen (secondary N) is 1. The van der Waals surface area contributed by atoms with Gasteiger partial charge in [0.1, 0.15) is 5.75 Å². The highest BCUT2D eigenvalue weighted by molar-refractivity contribution is 8.16. The number of amides is 1. The lowest BCUT2D eigenvalue weighted by Gasteiger charge is -2.21. The van der Waals surface area contributed by atoms with Crippen LogP contribution in [-0.2, 0) is 14.8 Å². The quantitative estimate of drug-likeness (QED) is 0.688. The molecule has 1 aliphatic heterocycles. The molecular weight excluding hydrogens is 428 g/mol. The van der Waals surface area contributed by atoms with Gasteiger partial charge in [-0.15, -0.1) is 23.5 Å². The van der Waals surface area contributed by atoms with Crippen molar-refractivity contribution < 1.29 is 17.9 Å². The largest absolute Gasteiger partial charge is 0.484 e. The summed E-state index contributed by atoms with van der Waals surface area (Å²) < 4.78 is 31.6. The number of rotatable bonds is 7. The molecule has 1 aliphatic rings. The topological polar surface area (TPSA) is 75.7 Å². The first kappa shape index (κ1) is 22.0. The van der Waals surface area contributed by atoms with E-state index < -0.39 is 10.0 Å². The molecule has 2 aromatic rings. The summed E-state index contributed by atoms with van der Waals surface area (Å²) in [4.78, 5) is 12.3. The Bertz CT molecular complexity index is 940. The van der Waals surface area contributed by atoms with E-state index in [0.29, 0.717) is 16.0 Å². The summed E-state index contributed by atoms with van der Waals surface area (Å²) in [5.41, 5.74) is 1.67. The molecule has 0 saturated carbocycles. The van der Waals surface area contributed by atoms with Crippen molar-refractivity contribution in [2.45, 2.75) is 15.9 Å². The predicted octanol–water partition coefficient (Wildman–Crippen LogP) is 3.82. The summed E-state index contributed by atoms with van der Waals surface area (Å²) >= 11 is 3.92. The number of thioether (sulfide) groups is 2. The molecule has 0 unspecified atom stereocenters. The fraction of sp³-hybridized carbons (Fsp3) is 0.350. The van der Waals surface area contributed by atoms with Crippen LogP contribution >= 0.6 is 23.5 Å². The minimum Gasteiger partial charge on any atom is -0.484 e. The van der Waals surface area contributed by atoms with E-state index in [-0.39, 0.29) is 17.4 Å². The predicted molar refractivity (Wildman–Crippen MR) is 120 cm³/mol. The summed E-state index contributed by atoms with van der Waals surface area (Å²) in [6.07, 6.45) is 1.26. The molecule has 1 N–H and O–H groups in total. The molecule has 2 aromatic carbocycles. The Kier molecular flexibility index (Phi) is 7.50. The number of anilines is 1. The summed E-state index contributed by atoms with van der Waals surface area (Å²) in [7, 11) is -0.629. The minimum atomic E-state index is -3.56. The number of hydrogen-bond donors (Lipinski definition) is 1. The summed E-state index contributed by atoms with van der Waals surface area (Å²) in [5, 5.41) is 2.67. The van der Waals surface area contributed by atoms with Gasteiger partial charge in [-0.3, -0.25) is 4.79 Å². The Labute approximate surface area is 180 Å². The molecule has 1 fully saturated rings. The highest BCUT2D eigenvalue weighted by Crippen LogP contribution is 2.43. The van der Waals surface area contributed by atoms with Crippen LogP contribution < -0.4 is 10.1 Å². The van der Waals surface area contributed by atoms with Crippen molar-refractivity contribution in [3.63, 3.8) is 0 Å². The molecule has 0 aromatic heterocycles. The average molecular weight is 453 g/mol. The Balaban J connectivity index is 1.55. The molecule has 9 heteroatoms. The van der Waals surface area contributed by atoms with Crippen LogP contribution in [0.4, 0.5) is 5.69 Å². The standard InChI is InChI=1S/C20H24N2O4S3/c1-22(2)29(24,25)18-6-3-5-16(13-18)21-19(23)14-26-17-9-7-15(8-10-17)20-27-11-4-12-28-20/h3,5-10,13,20H,4,11-12,14H2,1-2H3,(H,21,23). The van der Waals surface area contributed by atoms with Crippen LogP contribution in [0.2, 0.25) is 0 Å². The lowest BCUT2D eigenvalue weighted by molar-refractivity contribution is -0.118. The van der Waals surface area contributed by atoms with Gasteiger partial charge in [-0.05, 0) is 53.8 Å². The average Bonchev–Trinajstić information content (AvgIpc) is 2.73. The second kappa shape index (κ2) is 9.88. The minimum absolute atomic E-state index is 0.121. The summed E-state index contributed by atoms with van der Waals surface area (Å²) in [6.45, 7) is -0.156. The molecule has 0 atom stereocenters. The molecule has 156 valence electrons. The maximum Gasteiger partial charge on any atom is 0.262 e. The van der Waals surface area contributed by atoms with Gasteiger partial charge in [-0.2, -0.15) is 0 Å². The zero-order chi connectivity index (χ0) is 20.9. The number of nitrogens with zero attached hydrogens (tertiary/aromatic N) is 1. The van der Waals surface area contributed by atoms with Crippen LogP contribution in [-0.4, -0.2) is 50.8 Å². The fourth-order valence-corrected chi connectivity index (χ4v) is 6.53. The zero-order valence-corrected chi connectivity index (χ0v) is 18.8. The van der Waals surface area contributed by atoms with Gasteiger partial charge in [0, 0.05) is 19.8 Å². The molecule has 0 radical (unpaired) electrons. The van der Waals surface area contributed by atoms with Crippen LogP contribution in [0.1, 0.15) is 16.6 Å². The zero-order valence-electron chi connectivity index (χ0n) is 16.3. The first-order valence-corrected chi connectivity index (χ1v) is 12.7. The van der Waals surface area contributed by atoms with Crippen LogP contribution in [0.3, 0.4) is 0 Å². The number of sulfonamides is 1. The van der Waals surface area contributed by atoms with Crippen molar-refractivity contribution in [2.75, 3.05) is 37.5 Å². The van der Waals surface area contributed by atoms with Gasteiger partial charge < -0.3 is 10.1 Å². The normalized spacial score (nSPS) is 15.3. The van der Waals surface area contributed by atoms with Gasteiger partial charge in [0.15, 0.2) is 6.61 Å². The molecule has 1 amide bonds. The molecule has 0 spiro atoms. The molecule has 6 nitrogen and oxygen atoms in total. The van der Waals surface area contributed by atoms with E-state index in [4.69, 9.17) is 4.74 Å². The molecule has 0 bridgehead atoms. The second-order valence-electron chi connectivity index (χ2n) is 6.65. The molecule has 3 rings (SSSR count). The van der Waals surface area contributed by atoms with Gasteiger partial charge >= 0.3 is 0 Å². The van der Waals surface area contributed by atoms with Crippen molar-refractivity contribution in [1.29, 1.82) is 0 Å². The first-order chi connectivity index (χ1) is 13.9. The smallest absolute Gasteiger partial charge is 0.262 e. The Morgan fingerprint density at radius 2 is 1.83 bits per heavy atom. The van der Waals surface area contributed by atoms with Crippen molar-refractivity contribution in [3.05, 3.63) is 54.1 Å². The van der Waals surface area contributed by atoms with Crippen LogP contribution in [0.15, 0.2) is 53.4 Å². The molecule has 1 saturated heterocycles. The number of ether oxygens (including phenoxy) is 1. The van der Waals surface area contributed by atoms with Crippen LogP contribution in [0, 0.1) is 0 Å². The number of carbonyl (C=O) groups excluding carboxylic acids is 1. The van der Waals surface area contributed by atoms with Crippen LogP contribution in [0.25, 0.3) is 0 Å². The SMILES string of the molecule is CN(C)S(=O)(=O)c1cccc(NC(=O)COc2ccc(C3SCCCS3)cc2)c1. The van der Waals surface area contributed by atoms with E-state index in [9.17, 15) is 13.2 Å². The molecular formula is C20H24N2O4S3. The maximum absolute atomic E-state index is 12.2. The second-order valence-corrected chi connectivity index (χ2v) is 11.5. The number of benzene rings is 2. The summed E-state index contributed by atoms with van der Waals surface area (Å²) in [6, 6.07) is 14.0. The molecule has 29 heavy (non-hydrogen) atoms. The van der Waals surface area contributed by atoms with Gasteiger partial charge in [-0.1, -0.05) is 18.2 Å². The van der Waals surface area contributed by atoms with E-state index in [1.54, 1.807) is 12.1 Å². The van der Waals surface area contributed by atoms with Gasteiger partial charge in [0.05, 0.1) is 9.48 Å². The van der Waals surface area contributed by atoms with E-state index in [1.165, 1.54) is 49.7 Å². The van der Waals surface area contributed by atoms with E-state index in [0.717, 1.165) is 4.31 Å². The van der Waals surface area contributed by atoms with Gasteiger partial charge in [0.2, 0.25) is 10.0 Å². The maximum atomic E-state index is 12.2. The van der Waals surface area contributed by atoms with Crippen molar-refractivity contribution >= 4 is 45.1 Å². The van der Waals surface area contributed by atoms with E-state index >= 15 is 0 Å². The Hall–Kier alpha value is -1.68. The number of hydrogen-bond acceptors (Lipinski definition) is 6. The van der Waals surface area contributed by atoms with E-state index in [2.05, 4.69) is 5.32 Å². The third-order valence-corrected chi connectivity index (χ3v) is 9.07. The first-order valence-electron chi connectivity index (χ1n) is 9.15. The number of carbonyl (C=O) groups is 1. The third-order valence-electron chi connectivity index (χ3n) is 4.25. The highest BCUT2D eigenvalue weighted by Gasteiger charge is 2.18. The molecule has 1 heterocycles. The van der Waals surface area contributed by atoms with Gasteiger partial charge in [0.25, 0.3) is 5.91 Å². The lowest BCUT2D eigenvalue weighted by atomic mass is 10.2. The van der Waals surface area contributed by atoms with Gasteiger partial charge in [-0.25, -0.2) is 12.7 Å².